The first-order chi connectivity index (χ1) is 16.7. The van der Waals surface area contributed by atoms with Crippen LogP contribution in [0.25, 0.3) is 16.9 Å². The second kappa shape index (κ2) is 10.1. The molecule has 2 aromatic carbocycles. The maximum absolute atomic E-state index is 11.7. The average Bonchev–Trinajstić information content (AvgIpc) is 3.54. The van der Waals surface area contributed by atoms with Crippen LogP contribution in [0.5, 0.6) is 0 Å². The predicted molar refractivity (Wildman–Crippen MR) is 133 cm³/mol. The number of fused-ring (bicyclic) bond motifs is 1. The van der Waals surface area contributed by atoms with Crippen LogP contribution in [0.1, 0.15) is 35.2 Å². The molecule has 174 valence electrons. The lowest BCUT2D eigenvalue weighted by atomic mass is 10.1. The molecule has 7 nitrogen and oxygen atoms in total. The molecule has 3 heterocycles. The first-order valence-corrected chi connectivity index (χ1v) is 11.8. The Morgan fingerprint density at radius 2 is 1.76 bits per heavy atom. The van der Waals surface area contributed by atoms with E-state index in [0.717, 1.165) is 29.0 Å². The van der Waals surface area contributed by atoms with Crippen LogP contribution < -0.4 is 5.32 Å². The zero-order chi connectivity index (χ0) is 23.3. The first kappa shape index (κ1) is 22.1. The number of likely N-dealkylation sites (tertiary alicyclic amines) is 1. The van der Waals surface area contributed by atoms with Gasteiger partial charge in [-0.1, -0.05) is 30.3 Å². The van der Waals surface area contributed by atoms with E-state index in [0.29, 0.717) is 11.5 Å². The summed E-state index contributed by atoms with van der Waals surface area (Å²) < 4.78 is 6.59. The highest BCUT2D eigenvalue weighted by Gasteiger charge is 2.12. The lowest BCUT2D eigenvalue weighted by Crippen LogP contribution is -2.20. The Morgan fingerprint density at radius 3 is 2.50 bits per heavy atom. The molecular formula is C27H29N5O2. The third-order valence-electron chi connectivity index (χ3n) is 6.31. The number of esters is 1. The molecule has 7 heteroatoms. The lowest BCUT2D eigenvalue weighted by Gasteiger charge is -2.14. The molecule has 1 aliphatic heterocycles. The van der Waals surface area contributed by atoms with E-state index >= 15 is 0 Å². The Balaban J connectivity index is 1.27. The Hall–Kier alpha value is -3.71. The van der Waals surface area contributed by atoms with Gasteiger partial charge in [-0.2, -0.15) is 4.98 Å². The van der Waals surface area contributed by atoms with Crippen LogP contribution in [-0.4, -0.2) is 52.2 Å². The largest absolute Gasteiger partial charge is 0.465 e. The van der Waals surface area contributed by atoms with Crippen molar-refractivity contribution in [2.24, 2.45) is 0 Å². The summed E-state index contributed by atoms with van der Waals surface area (Å²) in [6.07, 6.45) is 4.99. The number of nitrogens with one attached hydrogen (secondary N) is 1. The molecule has 1 aliphatic rings. The van der Waals surface area contributed by atoms with Gasteiger partial charge in [-0.05, 0) is 87.3 Å². The van der Waals surface area contributed by atoms with Crippen molar-refractivity contribution >= 4 is 23.3 Å². The third-order valence-corrected chi connectivity index (χ3v) is 6.31. The van der Waals surface area contributed by atoms with Crippen LogP contribution in [0.4, 0.5) is 11.6 Å². The van der Waals surface area contributed by atoms with Crippen molar-refractivity contribution in [3.63, 3.8) is 0 Å². The van der Waals surface area contributed by atoms with Crippen LogP contribution >= 0.6 is 0 Å². The summed E-state index contributed by atoms with van der Waals surface area (Å²) in [5, 5.41) is 7.99. The van der Waals surface area contributed by atoms with E-state index in [-0.39, 0.29) is 5.97 Å². The highest BCUT2D eigenvalue weighted by Crippen LogP contribution is 2.23. The average molecular weight is 456 g/mol. The minimum absolute atomic E-state index is 0.352. The summed E-state index contributed by atoms with van der Waals surface area (Å²) in [5.41, 5.74) is 5.40. The number of methoxy groups -OCH3 is 1. The van der Waals surface area contributed by atoms with Crippen LogP contribution in [0.2, 0.25) is 0 Å². The molecule has 0 amide bonds. The molecule has 1 saturated heterocycles. The number of anilines is 2. The number of hydrogen-bond donors (Lipinski definition) is 1. The molecule has 34 heavy (non-hydrogen) atoms. The van der Waals surface area contributed by atoms with Gasteiger partial charge in [0.2, 0.25) is 5.95 Å². The molecule has 4 aromatic rings. The second-order valence-electron chi connectivity index (χ2n) is 8.66. The number of rotatable bonds is 8. The SMILES string of the molecule is COC(=O)c1ccc(-c2cccc3nc(Nc4ccc(CCCN5CCCC5)cc4)nn23)cc1. The molecule has 0 spiro atoms. The van der Waals surface area contributed by atoms with Crippen molar-refractivity contribution in [2.45, 2.75) is 25.7 Å². The molecule has 0 saturated carbocycles. The van der Waals surface area contributed by atoms with E-state index in [2.05, 4.69) is 44.6 Å². The fraction of sp³-hybridized carbons (Fsp3) is 0.296. The summed E-state index contributed by atoms with van der Waals surface area (Å²) in [6, 6.07) is 21.7. The molecule has 0 atom stereocenters. The quantitative estimate of drug-likeness (QED) is 0.379. The number of benzene rings is 2. The van der Waals surface area contributed by atoms with Crippen molar-refractivity contribution in [2.75, 3.05) is 32.1 Å². The summed E-state index contributed by atoms with van der Waals surface area (Å²) in [5.74, 6) is 0.190. The van der Waals surface area contributed by atoms with Crippen LogP contribution in [-0.2, 0) is 11.2 Å². The van der Waals surface area contributed by atoms with Gasteiger partial charge >= 0.3 is 5.97 Å². The zero-order valence-electron chi connectivity index (χ0n) is 19.4. The number of aromatic nitrogens is 3. The number of pyridine rings is 1. The van der Waals surface area contributed by atoms with E-state index in [4.69, 9.17) is 4.74 Å². The normalized spacial score (nSPS) is 13.9. The van der Waals surface area contributed by atoms with Crippen molar-refractivity contribution in [3.05, 3.63) is 77.9 Å². The van der Waals surface area contributed by atoms with Crippen molar-refractivity contribution in [1.82, 2.24) is 19.5 Å². The fourth-order valence-corrected chi connectivity index (χ4v) is 4.47. The van der Waals surface area contributed by atoms with Gasteiger partial charge < -0.3 is 15.0 Å². The zero-order valence-corrected chi connectivity index (χ0v) is 19.4. The molecule has 0 aliphatic carbocycles. The van der Waals surface area contributed by atoms with Crippen LogP contribution in [0.3, 0.4) is 0 Å². The smallest absolute Gasteiger partial charge is 0.337 e. The van der Waals surface area contributed by atoms with Gasteiger partial charge in [0.05, 0.1) is 18.4 Å². The Labute approximate surface area is 199 Å². The molecule has 1 N–H and O–H groups in total. The van der Waals surface area contributed by atoms with E-state index < -0.39 is 0 Å². The van der Waals surface area contributed by atoms with Gasteiger partial charge in [0.25, 0.3) is 0 Å². The third kappa shape index (κ3) is 4.94. The molecular weight excluding hydrogens is 426 g/mol. The minimum atomic E-state index is -0.352. The Morgan fingerprint density at radius 1 is 1.00 bits per heavy atom. The highest BCUT2D eigenvalue weighted by molar-refractivity contribution is 5.89. The van der Waals surface area contributed by atoms with Gasteiger partial charge in [0.15, 0.2) is 5.65 Å². The number of ether oxygens (including phenoxy) is 1. The summed E-state index contributed by atoms with van der Waals surface area (Å²) in [6.45, 7) is 3.71. The summed E-state index contributed by atoms with van der Waals surface area (Å²) >= 11 is 0. The number of carbonyl (C=O) groups is 1. The molecule has 5 rings (SSSR count). The minimum Gasteiger partial charge on any atom is -0.465 e. The summed E-state index contributed by atoms with van der Waals surface area (Å²) in [4.78, 5) is 18.9. The molecule has 0 radical (unpaired) electrons. The van der Waals surface area contributed by atoms with Gasteiger partial charge in [-0.25, -0.2) is 9.31 Å². The first-order valence-electron chi connectivity index (χ1n) is 11.8. The van der Waals surface area contributed by atoms with Crippen molar-refractivity contribution < 1.29 is 9.53 Å². The highest BCUT2D eigenvalue weighted by atomic mass is 16.5. The van der Waals surface area contributed by atoms with Crippen LogP contribution in [0.15, 0.2) is 66.7 Å². The number of aryl methyl sites for hydroxylation is 1. The molecule has 0 bridgehead atoms. The lowest BCUT2D eigenvalue weighted by molar-refractivity contribution is 0.0600. The molecule has 2 aromatic heterocycles. The Bertz CT molecular complexity index is 1260. The van der Waals surface area contributed by atoms with Crippen molar-refractivity contribution in [1.29, 1.82) is 0 Å². The van der Waals surface area contributed by atoms with E-state index in [1.807, 2.05) is 34.8 Å². The second-order valence-corrected chi connectivity index (χ2v) is 8.66. The fourth-order valence-electron chi connectivity index (χ4n) is 4.47. The Kier molecular flexibility index (Phi) is 6.53. The summed E-state index contributed by atoms with van der Waals surface area (Å²) in [7, 11) is 1.38. The standard InChI is InChI=1S/C27H29N5O2/c1-34-26(33)22-13-11-21(12-14-22)24-7-4-8-25-29-27(30-32(24)25)28-23-15-9-20(10-16-23)6-5-19-31-17-2-3-18-31/h4,7-16H,2-3,5-6,17-19H2,1H3,(H,28,30). The molecule has 1 fully saturated rings. The van der Waals surface area contributed by atoms with E-state index in [9.17, 15) is 4.79 Å². The molecule has 0 unspecified atom stereocenters. The van der Waals surface area contributed by atoms with Crippen molar-refractivity contribution in [3.8, 4) is 11.3 Å². The maximum atomic E-state index is 11.7. The topological polar surface area (TPSA) is 71.8 Å². The van der Waals surface area contributed by atoms with Gasteiger partial charge in [-0.15, -0.1) is 5.10 Å². The van der Waals surface area contributed by atoms with Gasteiger partial charge in [-0.3, -0.25) is 0 Å². The van der Waals surface area contributed by atoms with Crippen LogP contribution in [0, 0.1) is 0 Å². The monoisotopic (exact) mass is 455 g/mol. The van der Waals surface area contributed by atoms with Gasteiger partial charge in [0.1, 0.15) is 0 Å². The number of hydrogen-bond acceptors (Lipinski definition) is 6. The predicted octanol–water partition coefficient (Wildman–Crippen LogP) is 4.95. The number of carbonyl (C=O) groups excluding carboxylic acids is 1. The number of nitrogens with zero attached hydrogens (tertiary/aromatic N) is 4. The van der Waals surface area contributed by atoms with E-state index in [1.54, 1.807) is 12.1 Å². The van der Waals surface area contributed by atoms with Gasteiger partial charge in [0, 0.05) is 11.3 Å². The maximum Gasteiger partial charge on any atom is 0.337 e. The van der Waals surface area contributed by atoms with E-state index in [1.165, 1.54) is 51.6 Å².